The average Bonchev–Trinajstić information content (AvgIpc) is 3.14. The van der Waals surface area contributed by atoms with Crippen LogP contribution < -0.4 is 11.1 Å². The minimum Gasteiger partial charge on any atom is -0.324 e. The standard InChI is InChI=1S/C14H17F3N2O/c1-8-3-4-10(14(15,16)17)7-11(8)19-12(20)13(2,18)9-5-6-9/h3-4,7,9H,5-6,18H2,1-2H3,(H,19,20). The van der Waals surface area contributed by atoms with E-state index >= 15 is 0 Å². The fourth-order valence-electron chi connectivity index (χ4n) is 2.06. The van der Waals surface area contributed by atoms with E-state index in [1.165, 1.54) is 6.07 Å². The Balaban J connectivity index is 2.22. The zero-order valence-corrected chi connectivity index (χ0v) is 11.3. The summed E-state index contributed by atoms with van der Waals surface area (Å²) in [5.74, 6) is -0.337. The highest BCUT2D eigenvalue weighted by Gasteiger charge is 2.44. The molecule has 6 heteroatoms. The summed E-state index contributed by atoms with van der Waals surface area (Å²) in [6.45, 7) is 3.25. The molecule has 1 unspecified atom stereocenters. The first-order valence-electron chi connectivity index (χ1n) is 6.40. The van der Waals surface area contributed by atoms with Gasteiger partial charge in [-0.05, 0) is 50.3 Å². The molecule has 0 aromatic heterocycles. The summed E-state index contributed by atoms with van der Waals surface area (Å²) < 4.78 is 38.0. The van der Waals surface area contributed by atoms with Gasteiger partial charge in [-0.15, -0.1) is 0 Å². The van der Waals surface area contributed by atoms with Crippen LogP contribution in [-0.4, -0.2) is 11.4 Å². The van der Waals surface area contributed by atoms with Crippen molar-refractivity contribution >= 4 is 11.6 Å². The number of alkyl halides is 3. The van der Waals surface area contributed by atoms with Crippen molar-refractivity contribution in [3.05, 3.63) is 29.3 Å². The van der Waals surface area contributed by atoms with E-state index in [0.29, 0.717) is 5.56 Å². The average molecular weight is 286 g/mol. The van der Waals surface area contributed by atoms with Crippen LogP contribution in [0.5, 0.6) is 0 Å². The molecule has 0 heterocycles. The van der Waals surface area contributed by atoms with Crippen LogP contribution in [0.3, 0.4) is 0 Å². The van der Waals surface area contributed by atoms with Crippen molar-refractivity contribution in [2.45, 2.75) is 38.4 Å². The largest absolute Gasteiger partial charge is 0.416 e. The van der Waals surface area contributed by atoms with Crippen LogP contribution in [0.2, 0.25) is 0 Å². The van der Waals surface area contributed by atoms with E-state index in [-0.39, 0.29) is 11.6 Å². The molecule has 0 saturated heterocycles. The van der Waals surface area contributed by atoms with Crippen molar-refractivity contribution in [3.8, 4) is 0 Å². The van der Waals surface area contributed by atoms with Crippen LogP contribution in [0, 0.1) is 12.8 Å². The first-order chi connectivity index (χ1) is 9.12. The summed E-state index contributed by atoms with van der Waals surface area (Å²) in [5, 5.41) is 2.52. The summed E-state index contributed by atoms with van der Waals surface area (Å²) in [6.07, 6.45) is -2.68. The summed E-state index contributed by atoms with van der Waals surface area (Å²) >= 11 is 0. The Morgan fingerprint density at radius 1 is 1.35 bits per heavy atom. The first-order valence-corrected chi connectivity index (χ1v) is 6.40. The van der Waals surface area contributed by atoms with E-state index in [1.807, 2.05) is 0 Å². The maximum absolute atomic E-state index is 12.7. The second kappa shape index (κ2) is 4.77. The van der Waals surface area contributed by atoms with E-state index in [2.05, 4.69) is 5.32 Å². The van der Waals surface area contributed by atoms with E-state index in [0.717, 1.165) is 25.0 Å². The van der Waals surface area contributed by atoms with Crippen molar-refractivity contribution in [2.24, 2.45) is 11.7 Å². The lowest BCUT2D eigenvalue weighted by atomic mass is 9.96. The molecule has 1 aliphatic rings. The summed E-state index contributed by atoms with van der Waals surface area (Å²) in [5.41, 5.74) is 4.85. The number of benzene rings is 1. The third-order valence-corrected chi connectivity index (χ3v) is 3.73. The molecule has 3 nitrogen and oxygen atoms in total. The molecular formula is C14H17F3N2O. The quantitative estimate of drug-likeness (QED) is 0.897. The SMILES string of the molecule is Cc1ccc(C(F)(F)F)cc1NC(=O)C(C)(N)C1CC1. The van der Waals surface area contributed by atoms with Gasteiger partial charge in [-0.1, -0.05) is 6.07 Å². The predicted octanol–water partition coefficient (Wildman–Crippen LogP) is 3.08. The fraction of sp³-hybridized carbons (Fsp3) is 0.500. The molecular weight excluding hydrogens is 269 g/mol. The minimum atomic E-state index is -4.43. The van der Waals surface area contributed by atoms with Crippen LogP contribution in [0.25, 0.3) is 0 Å². The number of nitrogens with one attached hydrogen (secondary N) is 1. The van der Waals surface area contributed by atoms with Crippen LogP contribution in [0.4, 0.5) is 18.9 Å². The zero-order valence-electron chi connectivity index (χ0n) is 11.3. The number of amides is 1. The van der Waals surface area contributed by atoms with E-state index < -0.39 is 23.2 Å². The smallest absolute Gasteiger partial charge is 0.324 e. The lowest BCUT2D eigenvalue weighted by Gasteiger charge is -2.24. The van der Waals surface area contributed by atoms with Gasteiger partial charge in [0.15, 0.2) is 0 Å². The molecule has 3 N–H and O–H groups in total. The molecule has 1 atom stereocenters. The highest BCUT2D eigenvalue weighted by molar-refractivity contribution is 5.98. The monoisotopic (exact) mass is 286 g/mol. The van der Waals surface area contributed by atoms with Crippen LogP contribution >= 0.6 is 0 Å². The van der Waals surface area contributed by atoms with Gasteiger partial charge in [0, 0.05) is 5.69 Å². The van der Waals surface area contributed by atoms with Gasteiger partial charge < -0.3 is 11.1 Å². The van der Waals surface area contributed by atoms with Gasteiger partial charge in [0.25, 0.3) is 0 Å². The van der Waals surface area contributed by atoms with Crippen molar-refractivity contribution in [2.75, 3.05) is 5.32 Å². The van der Waals surface area contributed by atoms with Gasteiger partial charge in [-0.3, -0.25) is 4.79 Å². The summed E-state index contributed by atoms with van der Waals surface area (Å²) in [4.78, 5) is 12.1. The highest BCUT2D eigenvalue weighted by Crippen LogP contribution is 2.39. The predicted molar refractivity (Wildman–Crippen MR) is 70.1 cm³/mol. The number of nitrogens with two attached hydrogens (primary N) is 1. The zero-order chi connectivity index (χ0) is 15.1. The number of carbonyl (C=O) groups is 1. The van der Waals surface area contributed by atoms with E-state index in [4.69, 9.17) is 5.73 Å². The molecule has 0 aliphatic heterocycles. The Kier molecular flexibility index (Phi) is 3.54. The first kappa shape index (κ1) is 14.8. The molecule has 1 aromatic rings. The van der Waals surface area contributed by atoms with Gasteiger partial charge in [-0.25, -0.2) is 0 Å². The molecule has 1 aliphatic carbocycles. The minimum absolute atomic E-state index is 0.105. The Bertz CT molecular complexity index is 534. The molecule has 1 fully saturated rings. The Morgan fingerprint density at radius 2 is 1.95 bits per heavy atom. The third-order valence-electron chi connectivity index (χ3n) is 3.73. The molecule has 20 heavy (non-hydrogen) atoms. The number of anilines is 1. The van der Waals surface area contributed by atoms with Gasteiger partial charge in [0.1, 0.15) is 0 Å². The van der Waals surface area contributed by atoms with Gasteiger partial charge >= 0.3 is 6.18 Å². The lowest BCUT2D eigenvalue weighted by Crippen LogP contribution is -2.50. The van der Waals surface area contributed by atoms with Crippen molar-refractivity contribution in [3.63, 3.8) is 0 Å². The van der Waals surface area contributed by atoms with Crippen molar-refractivity contribution in [1.29, 1.82) is 0 Å². The lowest BCUT2D eigenvalue weighted by molar-refractivity contribution is -0.137. The molecule has 0 spiro atoms. The molecule has 110 valence electrons. The number of carbonyl (C=O) groups excluding carboxylic acids is 1. The third kappa shape index (κ3) is 2.95. The number of rotatable bonds is 3. The Hall–Kier alpha value is -1.56. The van der Waals surface area contributed by atoms with Gasteiger partial charge in [0.2, 0.25) is 5.91 Å². The Labute approximate surface area is 115 Å². The van der Waals surface area contributed by atoms with Crippen molar-refractivity contribution in [1.82, 2.24) is 0 Å². The van der Waals surface area contributed by atoms with E-state index in [1.54, 1.807) is 13.8 Å². The molecule has 0 bridgehead atoms. The molecule has 0 radical (unpaired) electrons. The maximum Gasteiger partial charge on any atom is 0.416 e. The fourth-order valence-corrected chi connectivity index (χ4v) is 2.06. The van der Waals surface area contributed by atoms with Crippen LogP contribution in [-0.2, 0) is 11.0 Å². The molecule has 1 amide bonds. The number of aryl methyl sites for hydroxylation is 1. The summed E-state index contributed by atoms with van der Waals surface area (Å²) in [7, 11) is 0. The Morgan fingerprint density at radius 3 is 2.45 bits per heavy atom. The second-order valence-corrected chi connectivity index (χ2v) is 5.54. The second-order valence-electron chi connectivity index (χ2n) is 5.54. The van der Waals surface area contributed by atoms with Gasteiger partial charge in [-0.2, -0.15) is 13.2 Å². The van der Waals surface area contributed by atoms with Crippen LogP contribution in [0.1, 0.15) is 30.9 Å². The number of halogens is 3. The van der Waals surface area contributed by atoms with E-state index in [9.17, 15) is 18.0 Å². The number of hydrogen-bond acceptors (Lipinski definition) is 2. The highest BCUT2D eigenvalue weighted by atomic mass is 19.4. The molecule has 1 aromatic carbocycles. The topological polar surface area (TPSA) is 55.1 Å². The van der Waals surface area contributed by atoms with Crippen molar-refractivity contribution < 1.29 is 18.0 Å². The molecule has 1 saturated carbocycles. The normalized spacial score (nSPS) is 18.5. The van der Waals surface area contributed by atoms with Gasteiger partial charge in [0.05, 0.1) is 11.1 Å². The molecule has 2 rings (SSSR count). The maximum atomic E-state index is 12.7. The summed E-state index contributed by atoms with van der Waals surface area (Å²) in [6, 6.07) is 3.27. The van der Waals surface area contributed by atoms with Crippen LogP contribution in [0.15, 0.2) is 18.2 Å². The number of hydrogen-bond donors (Lipinski definition) is 2.